The molecule has 9 nitrogen and oxygen atoms in total. The van der Waals surface area contributed by atoms with Gasteiger partial charge in [-0.3, -0.25) is 14.7 Å². The number of carbonyl (C=O) groups is 2. The second kappa shape index (κ2) is 6.56. The van der Waals surface area contributed by atoms with Gasteiger partial charge in [0.15, 0.2) is 11.4 Å². The van der Waals surface area contributed by atoms with E-state index in [2.05, 4.69) is 15.4 Å². The fourth-order valence-electron chi connectivity index (χ4n) is 3.73. The van der Waals surface area contributed by atoms with Crippen LogP contribution in [0.4, 0.5) is 0 Å². The molecule has 2 amide bonds. The van der Waals surface area contributed by atoms with Gasteiger partial charge in [-0.2, -0.15) is 5.10 Å². The Morgan fingerprint density at radius 2 is 2.23 bits per heavy atom. The van der Waals surface area contributed by atoms with Gasteiger partial charge in [-0.05, 0) is 26.2 Å². The Morgan fingerprint density at radius 3 is 2.96 bits per heavy atom. The number of aliphatic hydroxyl groups excluding tert-OH is 1. The molecule has 4 heterocycles. The molecule has 0 aromatic carbocycles. The molecule has 2 aliphatic rings. The molecule has 1 atom stereocenters. The zero-order valence-electron chi connectivity index (χ0n) is 14.6. The van der Waals surface area contributed by atoms with E-state index in [0.717, 1.165) is 24.1 Å². The van der Waals surface area contributed by atoms with Crippen molar-refractivity contribution >= 4 is 11.8 Å². The highest BCUT2D eigenvalue weighted by atomic mass is 16.5. The molecule has 138 valence electrons. The van der Waals surface area contributed by atoms with E-state index in [9.17, 15) is 14.7 Å². The molecule has 0 unspecified atom stereocenters. The highest BCUT2D eigenvalue weighted by Gasteiger charge is 2.34. The van der Waals surface area contributed by atoms with Gasteiger partial charge in [-0.1, -0.05) is 5.16 Å². The fourth-order valence-corrected chi connectivity index (χ4v) is 3.73. The summed E-state index contributed by atoms with van der Waals surface area (Å²) in [5.74, 6) is 0.241. The number of H-pyrrole nitrogens is 1. The summed E-state index contributed by atoms with van der Waals surface area (Å²) in [6.45, 7) is 3.19. The molecule has 2 aromatic heterocycles. The van der Waals surface area contributed by atoms with Gasteiger partial charge in [0.2, 0.25) is 0 Å². The van der Waals surface area contributed by atoms with Gasteiger partial charge in [0.05, 0.1) is 24.9 Å². The Balaban J connectivity index is 1.52. The van der Waals surface area contributed by atoms with Crippen LogP contribution in [0.5, 0.6) is 0 Å². The molecule has 0 saturated carbocycles. The van der Waals surface area contributed by atoms with E-state index in [1.54, 1.807) is 22.8 Å². The van der Waals surface area contributed by atoms with Crippen LogP contribution in [0.15, 0.2) is 10.6 Å². The summed E-state index contributed by atoms with van der Waals surface area (Å²) in [7, 11) is 0. The summed E-state index contributed by atoms with van der Waals surface area (Å²) in [5.41, 5.74) is 2.32. The van der Waals surface area contributed by atoms with Crippen LogP contribution in [0.25, 0.3) is 0 Å². The second-order valence-corrected chi connectivity index (χ2v) is 6.81. The summed E-state index contributed by atoms with van der Waals surface area (Å²) in [4.78, 5) is 28.7. The maximum atomic E-state index is 12.8. The minimum Gasteiger partial charge on any atom is -0.394 e. The predicted octanol–water partition coefficient (Wildman–Crippen LogP) is 0.502. The predicted molar refractivity (Wildman–Crippen MR) is 89.4 cm³/mol. The number of rotatable bonds is 3. The summed E-state index contributed by atoms with van der Waals surface area (Å²) < 4.78 is 4.97. The topological polar surface area (TPSA) is 116 Å². The number of nitrogens with one attached hydrogen (secondary N) is 1. The first-order chi connectivity index (χ1) is 12.6. The molecule has 2 aliphatic heterocycles. The number of amides is 2. The molecular formula is C17H21N5O4. The quantitative estimate of drug-likeness (QED) is 0.825. The summed E-state index contributed by atoms with van der Waals surface area (Å²) in [6.07, 6.45) is 2.25. The minimum absolute atomic E-state index is 0.0300. The summed E-state index contributed by atoms with van der Waals surface area (Å²) in [6, 6.07) is 1.48. The van der Waals surface area contributed by atoms with E-state index in [1.165, 1.54) is 0 Å². The van der Waals surface area contributed by atoms with Crippen molar-refractivity contribution in [2.45, 2.75) is 38.8 Å². The van der Waals surface area contributed by atoms with Crippen molar-refractivity contribution in [3.63, 3.8) is 0 Å². The molecule has 2 aromatic rings. The normalized spacial score (nSPS) is 19.7. The number of carbonyl (C=O) groups excluding carboxylic acids is 2. The van der Waals surface area contributed by atoms with Crippen molar-refractivity contribution in [1.29, 1.82) is 0 Å². The lowest BCUT2D eigenvalue weighted by atomic mass is 10.0. The van der Waals surface area contributed by atoms with Crippen LogP contribution in [-0.4, -0.2) is 67.8 Å². The average molecular weight is 359 g/mol. The molecule has 1 fully saturated rings. The van der Waals surface area contributed by atoms with Crippen LogP contribution in [-0.2, 0) is 13.0 Å². The van der Waals surface area contributed by atoms with Crippen molar-refractivity contribution < 1.29 is 19.2 Å². The molecule has 26 heavy (non-hydrogen) atoms. The average Bonchev–Trinajstić information content (AvgIpc) is 3.38. The number of aromatic amines is 1. The number of aryl methyl sites for hydroxylation is 1. The van der Waals surface area contributed by atoms with Gasteiger partial charge in [-0.15, -0.1) is 0 Å². The number of nitrogens with zero attached hydrogens (tertiary/aromatic N) is 4. The molecule has 4 rings (SSSR count). The second-order valence-electron chi connectivity index (χ2n) is 6.81. The van der Waals surface area contributed by atoms with Gasteiger partial charge in [0, 0.05) is 24.7 Å². The van der Waals surface area contributed by atoms with Crippen molar-refractivity contribution in [3.8, 4) is 0 Å². The Kier molecular flexibility index (Phi) is 4.23. The summed E-state index contributed by atoms with van der Waals surface area (Å²) >= 11 is 0. The Morgan fingerprint density at radius 1 is 1.38 bits per heavy atom. The Bertz CT molecular complexity index is 842. The van der Waals surface area contributed by atoms with Gasteiger partial charge in [0.1, 0.15) is 5.76 Å². The van der Waals surface area contributed by atoms with Crippen LogP contribution < -0.4 is 0 Å². The number of likely N-dealkylation sites (tertiary alicyclic amines) is 1. The first-order valence-corrected chi connectivity index (χ1v) is 8.79. The molecule has 9 heteroatoms. The number of aliphatic hydroxyl groups is 1. The molecule has 1 saturated heterocycles. The largest absolute Gasteiger partial charge is 0.394 e. The Labute approximate surface area is 149 Å². The van der Waals surface area contributed by atoms with E-state index in [1.807, 2.05) is 0 Å². The molecule has 2 N–H and O–H groups in total. The van der Waals surface area contributed by atoms with Gasteiger partial charge in [0.25, 0.3) is 11.8 Å². The van der Waals surface area contributed by atoms with Crippen molar-refractivity contribution in [2.24, 2.45) is 0 Å². The summed E-state index contributed by atoms with van der Waals surface area (Å²) in [5, 5.41) is 20.3. The molecular weight excluding hydrogens is 338 g/mol. The van der Waals surface area contributed by atoms with Gasteiger partial charge in [-0.25, -0.2) is 0 Å². The van der Waals surface area contributed by atoms with Crippen LogP contribution in [0, 0.1) is 6.92 Å². The third kappa shape index (κ3) is 2.78. The van der Waals surface area contributed by atoms with Crippen molar-refractivity contribution in [3.05, 3.63) is 34.5 Å². The molecule has 0 spiro atoms. The van der Waals surface area contributed by atoms with Gasteiger partial charge < -0.3 is 19.4 Å². The van der Waals surface area contributed by atoms with Crippen molar-refractivity contribution in [1.82, 2.24) is 25.2 Å². The highest BCUT2D eigenvalue weighted by Crippen LogP contribution is 2.25. The maximum Gasteiger partial charge on any atom is 0.276 e. The number of aromatic nitrogens is 3. The lowest BCUT2D eigenvalue weighted by Gasteiger charge is -2.27. The standard InChI is InChI=1S/C17H21N5O4/c1-10-7-13(20-26-10)16(24)21-6-4-12-14(8-21)18-19-15(12)17(25)22-5-2-3-11(22)9-23/h7,11,23H,2-6,8-9H2,1H3,(H,18,19)/t11-/m1/s1. The maximum absolute atomic E-state index is 12.8. The molecule has 0 radical (unpaired) electrons. The lowest BCUT2D eigenvalue weighted by molar-refractivity contribution is 0.0670. The third-order valence-electron chi connectivity index (χ3n) is 5.12. The number of fused-ring (bicyclic) bond motifs is 1. The monoisotopic (exact) mass is 359 g/mol. The number of hydrogen-bond acceptors (Lipinski definition) is 6. The minimum atomic E-state index is -0.199. The van der Waals surface area contributed by atoms with E-state index >= 15 is 0 Å². The van der Waals surface area contributed by atoms with Gasteiger partial charge >= 0.3 is 0 Å². The molecule has 0 aliphatic carbocycles. The van der Waals surface area contributed by atoms with E-state index in [-0.39, 0.29) is 30.2 Å². The highest BCUT2D eigenvalue weighted by molar-refractivity contribution is 5.95. The SMILES string of the molecule is Cc1cc(C(=O)N2CCc3c(C(=O)N4CCC[C@@H]4CO)n[nH]c3C2)no1. The lowest BCUT2D eigenvalue weighted by Crippen LogP contribution is -2.39. The Hall–Kier alpha value is -2.68. The van der Waals surface area contributed by atoms with E-state index in [0.29, 0.717) is 37.5 Å². The fraction of sp³-hybridized carbons (Fsp3) is 0.529. The van der Waals surface area contributed by atoms with Crippen LogP contribution in [0.1, 0.15) is 50.8 Å². The van der Waals surface area contributed by atoms with E-state index in [4.69, 9.17) is 4.52 Å². The van der Waals surface area contributed by atoms with Crippen LogP contribution in [0.3, 0.4) is 0 Å². The first kappa shape index (κ1) is 16.8. The zero-order valence-corrected chi connectivity index (χ0v) is 14.6. The molecule has 0 bridgehead atoms. The third-order valence-corrected chi connectivity index (χ3v) is 5.12. The van der Waals surface area contributed by atoms with Crippen molar-refractivity contribution in [2.75, 3.05) is 19.7 Å². The van der Waals surface area contributed by atoms with Crippen LogP contribution >= 0.6 is 0 Å². The number of hydrogen-bond donors (Lipinski definition) is 2. The van der Waals surface area contributed by atoms with Crippen LogP contribution in [0.2, 0.25) is 0 Å². The smallest absolute Gasteiger partial charge is 0.276 e. The van der Waals surface area contributed by atoms with E-state index < -0.39 is 0 Å². The first-order valence-electron chi connectivity index (χ1n) is 8.79. The zero-order chi connectivity index (χ0) is 18.3.